The van der Waals surface area contributed by atoms with Crippen LogP contribution in [-0.2, 0) is 0 Å². The Morgan fingerprint density at radius 1 is 1.20 bits per heavy atom. The van der Waals surface area contributed by atoms with Gasteiger partial charge in [0.25, 0.3) is 0 Å². The lowest BCUT2D eigenvalue weighted by atomic mass is 10.5. The van der Waals surface area contributed by atoms with Crippen molar-refractivity contribution in [1.82, 2.24) is 9.80 Å². The van der Waals surface area contributed by atoms with Crippen molar-refractivity contribution in [2.45, 2.75) is 0 Å². The van der Waals surface area contributed by atoms with E-state index in [9.17, 15) is 4.79 Å². The van der Waals surface area contributed by atoms with Crippen molar-refractivity contribution in [3.8, 4) is 11.8 Å². The summed E-state index contributed by atoms with van der Waals surface area (Å²) in [4.78, 5) is 12.7. The largest absolute Gasteiger partial charge is 0.465 e. The molecule has 0 aromatic rings. The summed E-state index contributed by atoms with van der Waals surface area (Å²) in [7, 11) is 6.82. The molecule has 90 valence electrons. The number of carbonyl (C=O) groups is 1. The molecule has 0 bridgehead atoms. The summed E-state index contributed by atoms with van der Waals surface area (Å²) in [6, 6.07) is 0. The maximum absolute atomic E-state index is 9.62. The van der Waals surface area contributed by atoms with Crippen LogP contribution in [0.3, 0.4) is 0 Å². The molecule has 0 rings (SSSR count). The van der Waals surface area contributed by atoms with Gasteiger partial charge in [-0.15, -0.1) is 12.4 Å². The number of aliphatic hydroxyl groups excluding tert-OH is 1. The molecular weight excluding hydrogens is 220 g/mol. The van der Waals surface area contributed by atoms with E-state index < -0.39 is 6.09 Å². The fourth-order valence-corrected chi connectivity index (χ4v) is 0.270. The smallest absolute Gasteiger partial charge is 0.406 e. The van der Waals surface area contributed by atoms with Gasteiger partial charge in [-0.1, -0.05) is 11.8 Å². The topological polar surface area (TPSA) is 64.0 Å². The first-order chi connectivity index (χ1) is 6.41. The normalized spacial score (nSPS) is 7.60. The zero-order chi connectivity index (χ0) is 11.6. The minimum atomic E-state index is -0.907. The second-order valence-corrected chi connectivity index (χ2v) is 2.93. The Bertz CT molecular complexity index is 209. The van der Waals surface area contributed by atoms with Gasteiger partial charge in [0.1, 0.15) is 6.61 Å². The first kappa shape index (κ1) is 19.6. The molecule has 0 aliphatic rings. The van der Waals surface area contributed by atoms with Gasteiger partial charge in [0.2, 0.25) is 0 Å². The van der Waals surface area contributed by atoms with E-state index in [-0.39, 0.29) is 19.0 Å². The third-order valence-electron chi connectivity index (χ3n) is 0.982. The van der Waals surface area contributed by atoms with E-state index in [1.54, 1.807) is 0 Å². The highest BCUT2D eigenvalue weighted by Gasteiger charge is 1.91. The van der Waals surface area contributed by atoms with Crippen LogP contribution in [0.4, 0.5) is 4.79 Å². The molecule has 1 amide bonds. The van der Waals surface area contributed by atoms with Gasteiger partial charge in [0.15, 0.2) is 0 Å². The van der Waals surface area contributed by atoms with E-state index in [4.69, 9.17) is 10.2 Å². The number of rotatable bonds is 1. The standard InChI is InChI=1S/C6H11NO.C3H7NO2.ClH/c1-7(2)5-3-4-6-8;1-4(2)3(5)6;/h8H,5-6H2,1-2H3;1-2H3,(H,5,6);1H. The van der Waals surface area contributed by atoms with E-state index in [1.807, 2.05) is 19.0 Å². The van der Waals surface area contributed by atoms with Crippen molar-refractivity contribution in [3.63, 3.8) is 0 Å². The molecule has 0 aromatic carbocycles. The number of nitrogens with zero attached hydrogens (tertiary/aromatic N) is 2. The van der Waals surface area contributed by atoms with Crippen LogP contribution in [0.1, 0.15) is 0 Å². The van der Waals surface area contributed by atoms with Crippen molar-refractivity contribution in [1.29, 1.82) is 0 Å². The number of hydrogen-bond donors (Lipinski definition) is 2. The number of amides is 1. The minimum Gasteiger partial charge on any atom is -0.465 e. The molecule has 6 heteroatoms. The Labute approximate surface area is 97.1 Å². The summed E-state index contributed by atoms with van der Waals surface area (Å²) in [5, 5.41) is 16.1. The van der Waals surface area contributed by atoms with E-state index >= 15 is 0 Å². The molecular formula is C9H19ClN2O3. The lowest BCUT2D eigenvalue weighted by Crippen LogP contribution is -2.18. The van der Waals surface area contributed by atoms with Crippen molar-refractivity contribution in [2.24, 2.45) is 0 Å². The fraction of sp³-hybridized carbons (Fsp3) is 0.667. The van der Waals surface area contributed by atoms with Crippen LogP contribution in [0.5, 0.6) is 0 Å². The SMILES string of the molecule is CN(C)C(=O)O.CN(C)CC#CCO.Cl. The molecule has 15 heavy (non-hydrogen) atoms. The van der Waals surface area contributed by atoms with Crippen LogP contribution in [-0.4, -0.2) is 67.4 Å². The molecule has 0 unspecified atom stereocenters. The van der Waals surface area contributed by atoms with E-state index in [0.717, 1.165) is 11.4 Å². The van der Waals surface area contributed by atoms with Gasteiger partial charge in [-0.05, 0) is 14.1 Å². The van der Waals surface area contributed by atoms with E-state index in [0.29, 0.717) is 0 Å². The van der Waals surface area contributed by atoms with Crippen LogP contribution in [0, 0.1) is 11.8 Å². The lowest BCUT2D eigenvalue weighted by molar-refractivity contribution is 0.165. The quantitative estimate of drug-likeness (QED) is 0.641. The monoisotopic (exact) mass is 238 g/mol. The lowest BCUT2D eigenvalue weighted by Gasteiger charge is -2.00. The molecule has 0 spiro atoms. The average molecular weight is 239 g/mol. The highest BCUT2D eigenvalue weighted by Crippen LogP contribution is 1.69. The van der Waals surface area contributed by atoms with Crippen molar-refractivity contribution in [2.75, 3.05) is 41.3 Å². The Hall–Kier alpha value is -0.960. The van der Waals surface area contributed by atoms with Gasteiger partial charge in [-0.2, -0.15) is 0 Å². The Morgan fingerprint density at radius 3 is 1.80 bits per heavy atom. The van der Waals surface area contributed by atoms with Gasteiger partial charge >= 0.3 is 6.09 Å². The summed E-state index contributed by atoms with van der Waals surface area (Å²) >= 11 is 0. The number of aliphatic hydroxyl groups is 1. The van der Waals surface area contributed by atoms with Gasteiger partial charge in [0, 0.05) is 14.1 Å². The molecule has 0 radical (unpaired) electrons. The van der Waals surface area contributed by atoms with E-state index in [2.05, 4.69) is 11.8 Å². The zero-order valence-corrected chi connectivity index (χ0v) is 10.3. The third-order valence-corrected chi connectivity index (χ3v) is 0.982. The Morgan fingerprint density at radius 2 is 1.60 bits per heavy atom. The van der Waals surface area contributed by atoms with Crippen molar-refractivity contribution < 1.29 is 15.0 Å². The average Bonchev–Trinajstić information content (AvgIpc) is 2.05. The summed E-state index contributed by atoms with van der Waals surface area (Å²) in [5.41, 5.74) is 0. The summed E-state index contributed by atoms with van der Waals surface area (Å²) in [5.74, 6) is 5.30. The number of carboxylic acid groups (broad SMARTS) is 1. The maximum Gasteiger partial charge on any atom is 0.406 e. The second-order valence-electron chi connectivity index (χ2n) is 2.93. The molecule has 2 N–H and O–H groups in total. The summed E-state index contributed by atoms with van der Waals surface area (Å²) < 4.78 is 0. The zero-order valence-electron chi connectivity index (χ0n) is 9.52. The van der Waals surface area contributed by atoms with E-state index in [1.165, 1.54) is 14.1 Å². The second kappa shape index (κ2) is 13.0. The molecule has 0 heterocycles. The molecule has 0 saturated heterocycles. The van der Waals surface area contributed by atoms with Crippen LogP contribution in [0.15, 0.2) is 0 Å². The predicted octanol–water partition coefficient (Wildman–Crippen LogP) is 0.192. The molecule has 5 nitrogen and oxygen atoms in total. The van der Waals surface area contributed by atoms with Crippen molar-refractivity contribution in [3.05, 3.63) is 0 Å². The first-order valence-electron chi connectivity index (χ1n) is 4.03. The number of hydrogen-bond acceptors (Lipinski definition) is 3. The van der Waals surface area contributed by atoms with Crippen LogP contribution >= 0.6 is 12.4 Å². The summed E-state index contributed by atoms with van der Waals surface area (Å²) in [6.45, 7) is 0.689. The van der Waals surface area contributed by atoms with Gasteiger partial charge in [0.05, 0.1) is 6.54 Å². The highest BCUT2D eigenvalue weighted by molar-refractivity contribution is 5.85. The Balaban J connectivity index is -0.000000187. The maximum atomic E-state index is 9.62. The van der Waals surface area contributed by atoms with Crippen LogP contribution in [0.2, 0.25) is 0 Å². The highest BCUT2D eigenvalue weighted by atomic mass is 35.5. The number of halogens is 1. The van der Waals surface area contributed by atoms with Gasteiger partial charge in [-0.3, -0.25) is 4.90 Å². The Kier molecular flexibility index (Phi) is 17.0. The molecule has 0 aliphatic carbocycles. The molecule has 0 atom stereocenters. The van der Waals surface area contributed by atoms with Crippen LogP contribution < -0.4 is 0 Å². The van der Waals surface area contributed by atoms with Crippen molar-refractivity contribution >= 4 is 18.5 Å². The van der Waals surface area contributed by atoms with Crippen LogP contribution in [0.25, 0.3) is 0 Å². The third kappa shape index (κ3) is 24.6. The molecule has 0 fully saturated rings. The predicted molar refractivity (Wildman–Crippen MR) is 62.4 cm³/mol. The van der Waals surface area contributed by atoms with Gasteiger partial charge < -0.3 is 15.1 Å². The van der Waals surface area contributed by atoms with Gasteiger partial charge in [-0.25, -0.2) is 4.79 Å². The molecule has 0 aromatic heterocycles. The minimum absolute atomic E-state index is 0. The molecule has 0 aliphatic heterocycles. The first-order valence-corrected chi connectivity index (χ1v) is 4.03. The molecule has 0 saturated carbocycles. The summed E-state index contributed by atoms with van der Waals surface area (Å²) in [6.07, 6.45) is -0.907. The fourth-order valence-electron chi connectivity index (χ4n) is 0.270.